The summed E-state index contributed by atoms with van der Waals surface area (Å²) in [5.74, 6) is -0.307. The van der Waals surface area contributed by atoms with Gasteiger partial charge >= 0.3 is 5.97 Å². The minimum Gasteiger partial charge on any atom is -0.461 e. The molecule has 0 aliphatic heterocycles. The maximum atomic E-state index is 12.0. The summed E-state index contributed by atoms with van der Waals surface area (Å²) < 4.78 is 6.95. The van der Waals surface area contributed by atoms with Gasteiger partial charge in [-0.2, -0.15) is 0 Å². The Bertz CT molecular complexity index is 759. The highest BCUT2D eigenvalue weighted by atomic mass is 32.1. The van der Waals surface area contributed by atoms with Crippen LogP contribution in [0.15, 0.2) is 35.7 Å². The largest absolute Gasteiger partial charge is 0.461 e. The quantitative estimate of drug-likeness (QED) is 0.692. The Morgan fingerprint density at radius 1 is 1.35 bits per heavy atom. The van der Waals surface area contributed by atoms with Crippen LogP contribution in [0, 0.1) is 6.92 Å². The van der Waals surface area contributed by atoms with Crippen LogP contribution in [0.3, 0.4) is 0 Å². The van der Waals surface area contributed by atoms with Crippen molar-refractivity contribution in [1.29, 1.82) is 0 Å². The van der Waals surface area contributed by atoms with E-state index in [4.69, 9.17) is 4.74 Å². The fraction of sp³-hybridized carbons (Fsp3) is 0.200. The van der Waals surface area contributed by atoms with Crippen molar-refractivity contribution in [3.63, 3.8) is 0 Å². The molecule has 0 aliphatic carbocycles. The average Bonchev–Trinajstić information content (AvgIpc) is 3.01. The molecule has 0 bridgehead atoms. The molecule has 0 radical (unpaired) electrons. The predicted octanol–water partition coefficient (Wildman–Crippen LogP) is 3.55. The third-order valence-electron chi connectivity index (χ3n) is 3.13. The van der Waals surface area contributed by atoms with E-state index in [0.717, 1.165) is 21.9 Å². The maximum absolute atomic E-state index is 12.0. The number of hydrogen-bond donors (Lipinski definition) is 0. The first-order valence-corrected chi connectivity index (χ1v) is 7.29. The number of esters is 1. The van der Waals surface area contributed by atoms with Gasteiger partial charge in [0.25, 0.3) is 0 Å². The number of carbonyl (C=O) groups is 1. The van der Waals surface area contributed by atoms with E-state index in [0.29, 0.717) is 12.3 Å². The first-order valence-electron chi connectivity index (χ1n) is 6.41. The van der Waals surface area contributed by atoms with Crippen LogP contribution in [0.5, 0.6) is 0 Å². The summed E-state index contributed by atoms with van der Waals surface area (Å²) in [5.41, 5.74) is 3.45. The van der Waals surface area contributed by atoms with Crippen LogP contribution >= 0.6 is 11.3 Å². The van der Waals surface area contributed by atoms with Gasteiger partial charge in [0.2, 0.25) is 0 Å². The Morgan fingerprint density at radius 3 is 2.80 bits per heavy atom. The lowest BCUT2D eigenvalue weighted by atomic mass is 10.1. The standard InChI is InChI=1S/C15H14N2O2S/c1-3-19-14(18)12-9-20-15-16-13(10(2)17(12)15)11-7-5-4-6-8-11/h4-9H,3H2,1-2H3. The van der Waals surface area contributed by atoms with Gasteiger partial charge in [-0.3, -0.25) is 4.40 Å². The van der Waals surface area contributed by atoms with Crippen LogP contribution in [-0.4, -0.2) is 22.0 Å². The number of benzene rings is 1. The van der Waals surface area contributed by atoms with Gasteiger partial charge in [0.05, 0.1) is 12.3 Å². The molecule has 0 saturated heterocycles. The summed E-state index contributed by atoms with van der Waals surface area (Å²) >= 11 is 1.45. The fourth-order valence-electron chi connectivity index (χ4n) is 2.21. The van der Waals surface area contributed by atoms with E-state index >= 15 is 0 Å². The lowest BCUT2D eigenvalue weighted by Gasteiger charge is -2.02. The zero-order valence-electron chi connectivity index (χ0n) is 11.3. The van der Waals surface area contributed by atoms with Crippen LogP contribution in [0.25, 0.3) is 16.2 Å². The van der Waals surface area contributed by atoms with Crippen LogP contribution in [0.1, 0.15) is 23.1 Å². The van der Waals surface area contributed by atoms with E-state index in [-0.39, 0.29) is 5.97 Å². The number of ether oxygens (including phenoxy) is 1. The number of thiazole rings is 1. The Morgan fingerprint density at radius 2 is 2.10 bits per heavy atom. The predicted molar refractivity (Wildman–Crippen MR) is 79.2 cm³/mol. The van der Waals surface area contributed by atoms with Gasteiger partial charge in [-0.25, -0.2) is 9.78 Å². The van der Waals surface area contributed by atoms with Crippen molar-refractivity contribution < 1.29 is 9.53 Å². The van der Waals surface area contributed by atoms with Gasteiger partial charge in [-0.1, -0.05) is 30.3 Å². The van der Waals surface area contributed by atoms with Crippen molar-refractivity contribution in [3.8, 4) is 11.3 Å². The topological polar surface area (TPSA) is 43.6 Å². The molecule has 0 N–H and O–H groups in total. The van der Waals surface area contributed by atoms with E-state index in [1.54, 1.807) is 12.3 Å². The fourth-order valence-corrected chi connectivity index (χ4v) is 3.12. The normalized spacial score (nSPS) is 10.9. The molecule has 3 aromatic rings. The highest BCUT2D eigenvalue weighted by Crippen LogP contribution is 2.28. The SMILES string of the molecule is CCOC(=O)c1csc2nc(-c3ccccc3)c(C)n12. The Balaban J connectivity index is 2.15. The van der Waals surface area contributed by atoms with Gasteiger partial charge in [-0.15, -0.1) is 11.3 Å². The second-order valence-electron chi connectivity index (χ2n) is 4.37. The number of imidazole rings is 1. The number of aromatic nitrogens is 2. The molecular weight excluding hydrogens is 272 g/mol. The third kappa shape index (κ3) is 2.00. The van der Waals surface area contributed by atoms with E-state index in [1.807, 2.05) is 41.7 Å². The van der Waals surface area contributed by atoms with E-state index < -0.39 is 0 Å². The van der Waals surface area contributed by atoms with Crippen molar-refractivity contribution in [2.75, 3.05) is 6.61 Å². The lowest BCUT2D eigenvalue weighted by molar-refractivity contribution is 0.0518. The second kappa shape index (κ2) is 5.09. The van der Waals surface area contributed by atoms with Crippen molar-refractivity contribution >= 4 is 22.3 Å². The van der Waals surface area contributed by atoms with Crippen LogP contribution in [0.2, 0.25) is 0 Å². The molecule has 1 aromatic carbocycles. The molecule has 0 atom stereocenters. The maximum Gasteiger partial charge on any atom is 0.356 e. The highest BCUT2D eigenvalue weighted by molar-refractivity contribution is 7.15. The molecule has 0 fully saturated rings. The Hall–Kier alpha value is -2.14. The number of aryl methyl sites for hydroxylation is 1. The molecule has 3 rings (SSSR count). The number of fused-ring (bicyclic) bond motifs is 1. The smallest absolute Gasteiger partial charge is 0.356 e. The molecule has 0 spiro atoms. The van der Waals surface area contributed by atoms with Crippen molar-refractivity contribution in [1.82, 2.24) is 9.38 Å². The summed E-state index contributed by atoms with van der Waals surface area (Å²) in [6.07, 6.45) is 0. The first-order chi connectivity index (χ1) is 9.72. The second-order valence-corrected chi connectivity index (χ2v) is 5.21. The first kappa shape index (κ1) is 12.9. The van der Waals surface area contributed by atoms with Crippen molar-refractivity contribution in [3.05, 3.63) is 47.1 Å². The summed E-state index contributed by atoms with van der Waals surface area (Å²) in [6.45, 7) is 4.14. The van der Waals surface area contributed by atoms with E-state index in [1.165, 1.54) is 11.3 Å². The Kier molecular flexibility index (Phi) is 3.28. The third-order valence-corrected chi connectivity index (χ3v) is 3.95. The zero-order valence-corrected chi connectivity index (χ0v) is 12.1. The van der Waals surface area contributed by atoms with Crippen molar-refractivity contribution in [2.24, 2.45) is 0 Å². The molecule has 102 valence electrons. The van der Waals surface area contributed by atoms with Crippen LogP contribution < -0.4 is 0 Å². The number of hydrogen-bond acceptors (Lipinski definition) is 4. The molecule has 0 unspecified atom stereocenters. The molecular formula is C15H14N2O2S. The molecule has 4 nitrogen and oxygen atoms in total. The van der Waals surface area contributed by atoms with Gasteiger partial charge in [0.1, 0.15) is 5.69 Å². The highest BCUT2D eigenvalue weighted by Gasteiger charge is 2.19. The van der Waals surface area contributed by atoms with Crippen LogP contribution in [0.4, 0.5) is 0 Å². The molecule has 0 aliphatic rings. The minimum absolute atomic E-state index is 0.307. The van der Waals surface area contributed by atoms with E-state index in [2.05, 4.69) is 4.98 Å². The van der Waals surface area contributed by atoms with Gasteiger partial charge in [-0.05, 0) is 13.8 Å². The zero-order chi connectivity index (χ0) is 14.1. The summed E-state index contributed by atoms with van der Waals surface area (Å²) in [7, 11) is 0. The molecule has 0 saturated carbocycles. The molecule has 2 heterocycles. The number of rotatable bonds is 3. The number of carbonyl (C=O) groups excluding carboxylic acids is 1. The average molecular weight is 286 g/mol. The molecule has 2 aromatic heterocycles. The molecule has 0 amide bonds. The van der Waals surface area contributed by atoms with Gasteiger partial charge < -0.3 is 4.74 Å². The van der Waals surface area contributed by atoms with Gasteiger partial charge in [0.15, 0.2) is 4.96 Å². The lowest BCUT2D eigenvalue weighted by Crippen LogP contribution is -2.08. The molecule has 5 heteroatoms. The Labute approximate surface area is 120 Å². The van der Waals surface area contributed by atoms with E-state index in [9.17, 15) is 4.79 Å². The minimum atomic E-state index is -0.307. The summed E-state index contributed by atoms with van der Waals surface area (Å²) in [5, 5.41) is 1.79. The van der Waals surface area contributed by atoms with Crippen molar-refractivity contribution in [2.45, 2.75) is 13.8 Å². The summed E-state index contributed by atoms with van der Waals surface area (Å²) in [6, 6.07) is 9.97. The molecule has 20 heavy (non-hydrogen) atoms. The van der Waals surface area contributed by atoms with Gasteiger partial charge in [0, 0.05) is 16.6 Å². The number of nitrogens with zero attached hydrogens (tertiary/aromatic N) is 2. The monoisotopic (exact) mass is 286 g/mol. The summed E-state index contributed by atoms with van der Waals surface area (Å²) in [4.78, 5) is 17.4. The van der Waals surface area contributed by atoms with Crippen LogP contribution in [-0.2, 0) is 4.74 Å².